The second-order valence-corrected chi connectivity index (χ2v) is 3.68. The zero-order valence-electron chi connectivity index (χ0n) is 8.89. The van der Waals surface area contributed by atoms with Crippen molar-refractivity contribution < 1.29 is 4.39 Å². The summed E-state index contributed by atoms with van der Waals surface area (Å²) in [6.45, 7) is 5.97. The van der Waals surface area contributed by atoms with Crippen molar-refractivity contribution in [2.45, 2.75) is 33.2 Å². The van der Waals surface area contributed by atoms with Gasteiger partial charge in [0.2, 0.25) is 0 Å². The second-order valence-electron chi connectivity index (χ2n) is 3.68. The maximum absolute atomic E-state index is 13.3. The van der Waals surface area contributed by atoms with Crippen LogP contribution >= 0.6 is 0 Å². The smallest absolute Gasteiger partial charge is 0.128 e. The predicted molar refractivity (Wildman–Crippen MR) is 58.9 cm³/mol. The molecule has 0 aliphatic heterocycles. The molecule has 0 atom stereocenters. The summed E-state index contributed by atoms with van der Waals surface area (Å²) in [4.78, 5) is 0. The van der Waals surface area contributed by atoms with Crippen LogP contribution in [-0.4, -0.2) is 6.04 Å². The number of nitrogens with two attached hydrogens (primary N) is 1. The van der Waals surface area contributed by atoms with Crippen LogP contribution in [-0.2, 0) is 6.42 Å². The Morgan fingerprint density at radius 2 is 2.07 bits per heavy atom. The van der Waals surface area contributed by atoms with Crippen molar-refractivity contribution in [1.82, 2.24) is 0 Å². The lowest BCUT2D eigenvalue weighted by Crippen LogP contribution is -2.12. The van der Waals surface area contributed by atoms with Gasteiger partial charge in [-0.25, -0.2) is 4.39 Å². The maximum atomic E-state index is 13.3. The standard InChI is InChI=1S/C11H17FN2/c1-4-8-5-11(14-7(2)3)10(13)6-9(8)12/h5-7,14H,4,13H2,1-3H3. The number of hydrogen-bond donors (Lipinski definition) is 2. The van der Waals surface area contributed by atoms with E-state index in [4.69, 9.17) is 5.73 Å². The summed E-state index contributed by atoms with van der Waals surface area (Å²) in [5, 5.41) is 3.18. The quantitative estimate of drug-likeness (QED) is 0.729. The third-order valence-corrected chi connectivity index (χ3v) is 2.04. The molecule has 0 aromatic heterocycles. The van der Waals surface area contributed by atoms with E-state index in [9.17, 15) is 4.39 Å². The Kier molecular flexibility index (Phi) is 3.33. The maximum Gasteiger partial charge on any atom is 0.128 e. The van der Waals surface area contributed by atoms with Gasteiger partial charge >= 0.3 is 0 Å². The van der Waals surface area contributed by atoms with Crippen molar-refractivity contribution in [3.63, 3.8) is 0 Å². The highest BCUT2D eigenvalue weighted by Crippen LogP contribution is 2.23. The molecule has 0 saturated carbocycles. The molecule has 2 nitrogen and oxygen atoms in total. The van der Waals surface area contributed by atoms with E-state index in [1.54, 1.807) is 6.07 Å². The lowest BCUT2D eigenvalue weighted by Gasteiger charge is -2.14. The summed E-state index contributed by atoms with van der Waals surface area (Å²) in [6.07, 6.45) is 0.679. The molecule has 0 heterocycles. The van der Waals surface area contributed by atoms with Crippen molar-refractivity contribution in [2.24, 2.45) is 0 Å². The van der Waals surface area contributed by atoms with E-state index < -0.39 is 0 Å². The molecule has 0 saturated heterocycles. The molecular weight excluding hydrogens is 179 g/mol. The van der Waals surface area contributed by atoms with Crippen molar-refractivity contribution in [1.29, 1.82) is 0 Å². The van der Waals surface area contributed by atoms with E-state index in [0.29, 0.717) is 23.7 Å². The Labute approximate surface area is 84.3 Å². The fourth-order valence-electron chi connectivity index (χ4n) is 1.34. The second kappa shape index (κ2) is 4.31. The minimum absolute atomic E-state index is 0.223. The molecule has 0 bridgehead atoms. The molecule has 1 aromatic rings. The summed E-state index contributed by atoms with van der Waals surface area (Å²) in [5.74, 6) is -0.223. The van der Waals surface area contributed by atoms with Crippen LogP contribution in [0.25, 0.3) is 0 Å². The molecule has 1 aromatic carbocycles. The Balaban J connectivity index is 3.04. The van der Waals surface area contributed by atoms with Gasteiger partial charge in [-0.3, -0.25) is 0 Å². The molecule has 1 rings (SSSR count). The number of halogens is 1. The predicted octanol–water partition coefficient (Wildman–Crippen LogP) is 2.79. The van der Waals surface area contributed by atoms with Gasteiger partial charge in [-0.2, -0.15) is 0 Å². The van der Waals surface area contributed by atoms with Crippen LogP contribution in [0.1, 0.15) is 26.3 Å². The number of anilines is 2. The topological polar surface area (TPSA) is 38.0 Å². The van der Waals surface area contributed by atoms with Gasteiger partial charge in [-0.15, -0.1) is 0 Å². The van der Waals surface area contributed by atoms with Crippen LogP contribution in [0.2, 0.25) is 0 Å². The monoisotopic (exact) mass is 196 g/mol. The number of benzene rings is 1. The lowest BCUT2D eigenvalue weighted by molar-refractivity contribution is 0.613. The van der Waals surface area contributed by atoms with E-state index in [1.165, 1.54) is 6.07 Å². The molecule has 14 heavy (non-hydrogen) atoms. The van der Waals surface area contributed by atoms with Gasteiger partial charge in [0.1, 0.15) is 5.82 Å². The fourth-order valence-corrected chi connectivity index (χ4v) is 1.34. The molecule has 0 unspecified atom stereocenters. The van der Waals surface area contributed by atoms with Gasteiger partial charge < -0.3 is 11.1 Å². The van der Waals surface area contributed by atoms with Crippen LogP contribution in [0.4, 0.5) is 15.8 Å². The first-order chi connectivity index (χ1) is 6.54. The van der Waals surface area contributed by atoms with Crippen molar-refractivity contribution in [3.05, 3.63) is 23.5 Å². The summed E-state index contributed by atoms with van der Waals surface area (Å²) in [7, 11) is 0. The van der Waals surface area contributed by atoms with Gasteiger partial charge in [0.15, 0.2) is 0 Å². The molecule has 0 fully saturated rings. The first-order valence-corrected chi connectivity index (χ1v) is 4.89. The van der Waals surface area contributed by atoms with Crippen LogP contribution < -0.4 is 11.1 Å². The molecule has 78 valence electrons. The summed E-state index contributed by atoms with van der Waals surface area (Å²) < 4.78 is 13.3. The Hall–Kier alpha value is -1.25. The molecular formula is C11H17FN2. The third-order valence-electron chi connectivity index (χ3n) is 2.04. The van der Waals surface area contributed by atoms with Crippen molar-refractivity contribution >= 4 is 11.4 Å². The van der Waals surface area contributed by atoms with Gasteiger partial charge in [0.25, 0.3) is 0 Å². The Morgan fingerprint density at radius 1 is 1.43 bits per heavy atom. The normalized spacial score (nSPS) is 10.6. The SMILES string of the molecule is CCc1cc(NC(C)C)c(N)cc1F. The molecule has 0 aliphatic carbocycles. The summed E-state index contributed by atoms with van der Waals surface area (Å²) >= 11 is 0. The molecule has 0 spiro atoms. The van der Waals surface area contributed by atoms with Crippen molar-refractivity contribution in [2.75, 3.05) is 11.1 Å². The summed E-state index contributed by atoms with van der Waals surface area (Å²) in [5.41, 5.74) is 7.67. The molecule has 3 N–H and O–H groups in total. The third kappa shape index (κ3) is 2.37. The fraction of sp³-hybridized carbons (Fsp3) is 0.455. The molecule has 0 amide bonds. The summed E-state index contributed by atoms with van der Waals surface area (Å²) in [6, 6.07) is 3.46. The first-order valence-electron chi connectivity index (χ1n) is 4.89. The highest BCUT2D eigenvalue weighted by Gasteiger charge is 2.06. The minimum Gasteiger partial charge on any atom is -0.397 e. The van der Waals surface area contributed by atoms with E-state index in [1.807, 2.05) is 20.8 Å². The Bertz CT molecular complexity index is 321. The van der Waals surface area contributed by atoms with Gasteiger partial charge in [-0.1, -0.05) is 6.92 Å². The average Bonchev–Trinajstić information content (AvgIpc) is 2.09. The van der Waals surface area contributed by atoms with E-state index in [-0.39, 0.29) is 5.82 Å². The first kappa shape index (κ1) is 10.8. The number of nitrogens with one attached hydrogen (secondary N) is 1. The zero-order valence-corrected chi connectivity index (χ0v) is 8.89. The van der Waals surface area contributed by atoms with E-state index in [2.05, 4.69) is 5.32 Å². The molecule has 0 radical (unpaired) electrons. The number of aryl methyl sites for hydroxylation is 1. The van der Waals surface area contributed by atoms with E-state index >= 15 is 0 Å². The van der Waals surface area contributed by atoms with Crippen LogP contribution in [0, 0.1) is 5.82 Å². The average molecular weight is 196 g/mol. The van der Waals surface area contributed by atoms with E-state index in [0.717, 1.165) is 5.69 Å². The Morgan fingerprint density at radius 3 is 2.57 bits per heavy atom. The molecule has 0 aliphatic rings. The number of nitrogen functional groups attached to an aromatic ring is 1. The zero-order chi connectivity index (χ0) is 10.7. The minimum atomic E-state index is -0.223. The van der Waals surface area contributed by atoms with Gasteiger partial charge in [0, 0.05) is 6.04 Å². The largest absolute Gasteiger partial charge is 0.397 e. The van der Waals surface area contributed by atoms with Crippen LogP contribution in [0.3, 0.4) is 0 Å². The highest BCUT2D eigenvalue weighted by atomic mass is 19.1. The lowest BCUT2D eigenvalue weighted by atomic mass is 10.1. The van der Waals surface area contributed by atoms with Crippen LogP contribution in [0.15, 0.2) is 12.1 Å². The van der Waals surface area contributed by atoms with Gasteiger partial charge in [-0.05, 0) is 38.0 Å². The van der Waals surface area contributed by atoms with Crippen LogP contribution in [0.5, 0.6) is 0 Å². The molecule has 3 heteroatoms. The van der Waals surface area contributed by atoms with Crippen molar-refractivity contribution in [3.8, 4) is 0 Å². The number of hydrogen-bond acceptors (Lipinski definition) is 2. The highest BCUT2D eigenvalue weighted by molar-refractivity contribution is 5.67. The number of rotatable bonds is 3. The van der Waals surface area contributed by atoms with Gasteiger partial charge in [0.05, 0.1) is 11.4 Å².